The average Bonchev–Trinajstić information content (AvgIpc) is 3.26. The maximum atomic E-state index is 13.8. The molecule has 1 N–H and O–H groups in total. The molecule has 0 saturated carbocycles. The Morgan fingerprint density at radius 1 is 0.909 bits per heavy atom. The van der Waals surface area contributed by atoms with Crippen molar-refractivity contribution in [1.82, 2.24) is 0 Å². The zero-order chi connectivity index (χ0) is 23.6. The molecule has 33 heavy (non-hydrogen) atoms. The number of anilines is 2. The van der Waals surface area contributed by atoms with Crippen LogP contribution in [0.4, 0.5) is 20.2 Å². The standard InChI is InChI=1S/C24H18F2N2O3S2/c1-28(20-9-5-6-18(26)14-20)33(30,31)23-21(16-10-12-17(25)13-11-16)15-32-22(23)24(29)27-19-7-3-2-4-8-19/h2-15H,1H3,(H,27,29). The Kier molecular flexibility index (Phi) is 6.26. The van der Waals surface area contributed by atoms with Gasteiger partial charge in [0.05, 0.1) is 5.69 Å². The number of para-hydroxylation sites is 1. The van der Waals surface area contributed by atoms with Gasteiger partial charge in [0.15, 0.2) is 0 Å². The summed E-state index contributed by atoms with van der Waals surface area (Å²) < 4.78 is 55.6. The Morgan fingerprint density at radius 2 is 1.61 bits per heavy atom. The normalized spacial score (nSPS) is 11.2. The van der Waals surface area contributed by atoms with Gasteiger partial charge in [0.25, 0.3) is 15.9 Å². The van der Waals surface area contributed by atoms with Crippen LogP contribution in [0, 0.1) is 11.6 Å². The third kappa shape index (κ3) is 4.64. The van der Waals surface area contributed by atoms with Crippen LogP contribution in [0.3, 0.4) is 0 Å². The van der Waals surface area contributed by atoms with Gasteiger partial charge in [-0.1, -0.05) is 36.4 Å². The van der Waals surface area contributed by atoms with Gasteiger partial charge in [-0.3, -0.25) is 9.10 Å². The van der Waals surface area contributed by atoms with Crippen molar-refractivity contribution in [3.05, 3.63) is 101 Å². The molecule has 0 aliphatic rings. The fraction of sp³-hybridized carbons (Fsp3) is 0.0417. The molecule has 0 aliphatic carbocycles. The summed E-state index contributed by atoms with van der Waals surface area (Å²) in [5.74, 6) is -1.68. The lowest BCUT2D eigenvalue weighted by atomic mass is 10.1. The molecular weight excluding hydrogens is 466 g/mol. The van der Waals surface area contributed by atoms with E-state index in [1.165, 1.54) is 49.5 Å². The molecule has 0 fully saturated rings. The molecular formula is C24H18F2N2O3S2. The minimum atomic E-state index is -4.30. The molecule has 1 amide bonds. The number of carbonyl (C=O) groups is 1. The van der Waals surface area contributed by atoms with Crippen LogP contribution >= 0.6 is 11.3 Å². The topological polar surface area (TPSA) is 66.5 Å². The van der Waals surface area contributed by atoms with Gasteiger partial charge < -0.3 is 5.32 Å². The van der Waals surface area contributed by atoms with E-state index in [2.05, 4.69) is 5.32 Å². The van der Waals surface area contributed by atoms with Gasteiger partial charge in [0.1, 0.15) is 21.4 Å². The van der Waals surface area contributed by atoms with Crippen molar-refractivity contribution in [1.29, 1.82) is 0 Å². The van der Waals surface area contributed by atoms with Crippen LogP contribution in [-0.2, 0) is 10.0 Å². The molecule has 3 aromatic carbocycles. The summed E-state index contributed by atoms with van der Waals surface area (Å²) in [5, 5.41) is 4.24. The molecule has 0 spiro atoms. The number of sulfonamides is 1. The van der Waals surface area contributed by atoms with E-state index in [9.17, 15) is 22.0 Å². The summed E-state index contributed by atoms with van der Waals surface area (Å²) in [6, 6.07) is 19.1. The van der Waals surface area contributed by atoms with E-state index >= 15 is 0 Å². The Labute approximate surface area is 194 Å². The number of nitrogens with one attached hydrogen (secondary N) is 1. The van der Waals surface area contributed by atoms with Gasteiger partial charge in [-0.2, -0.15) is 0 Å². The number of nitrogens with zero attached hydrogens (tertiary/aromatic N) is 1. The second-order valence-electron chi connectivity index (χ2n) is 7.09. The minimum Gasteiger partial charge on any atom is -0.321 e. The molecule has 0 unspecified atom stereocenters. The molecule has 5 nitrogen and oxygen atoms in total. The lowest BCUT2D eigenvalue weighted by Gasteiger charge is -2.21. The first-order chi connectivity index (χ1) is 15.8. The maximum Gasteiger partial charge on any atom is 0.267 e. The number of halogens is 2. The second-order valence-corrected chi connectivity index (χ2v) is 9.87. The summed E-state index contributed by atoms with van der Waals surface area (Å²) in [5.41, 5.74) is 1.28. The molecule has 4 rings (SSSR count). The highest BCUT2D eigenvalue weighted by Gasteiger charge is 2.33. The molecule has 0 radical (unpaired) electrons. The smallest absolute Gasteiger partial charge is 0.267 e. The third-order valence-electron chi connectivity index (χ3n) is 4.93. The summed E-state index contributed by atoms with van der Waals surface area (Å²) in [6.45, 7) is 0. The molecule has 9 heteroatoms. The zero-order valence-corrected chi connectivity index (χ0v) is 19.0. The van der Waals surface area contributed by atoms with E-state index < -0.39 is 27.6 Å². The third-order valence-corrected chi connectivity index (χ3v) is 7.91. The maximum absolute atomic E-state index is 13.8. The van der Waals surface area contributed by atoms with Crippen LogP contribution < -0.4 is 9.62 Å². The lowest BCUT2D eigenvalue weighted by Crippen LogP contribution is -2.28. The van der Waals surface area contributed by atoms with Gasteiger partial charge in [0, 0.05) is 23.7 Å². The Morgan fingerprint density at radius 3 is 2.27 bits per heavy atom. The van der Waals surface area contributed by atoms with E-state index in [4.69, 9.17) is 0 Å². The summed E-state index contributed by atoms with van der Waals surface area (Å²) in [6.07, 6.45) is 0. The van der Waals surface area contributed by atoms with Crippen molar-refractivity contribution >= 4 is 38.6 Å². The van der Waals surface area contributed by atoms with E-state index in [1.54, 1.807) is 35.7 Å². The predicted octanol–water partition coefficient (Wildman–Crippen LogP) is 5.77. The van der Waals surface area contributed by atoms with Gasteiger partial charge in [-0.05, 0) is 48.0 Å². The number of amides is 1. The van der Waals surface area contributed by atoms with E-state index in [0.29, 0.717) is 11.3 Å². The van der Waals surface area contributed by atoms with E-state index in [-0.39, 0.29) is 21.0 Å². The minimum absolute atomic E-state index is 0.0403. The first kappa shape index (κ1) is 22.6. The van der Waals surface area contributed by atoms with Gasteiger partial charge in [-0.25, -0.2) is 17.2 Å². The fourth-order valence-corrected chi connectivity index (χ4v) is 6.09. The summed E-state index contributed by atoms with van der Waals surface area (Å²) >= 11 is 0.959. The second kappa shape index (κ2) is 9.13. The number of carbonyl (C=O) groups excluding carboxylic acids is 1. The molecule has 4 aromatic rings. The van der Waals surface area contributed by atoms with Gasteiger partial charge in [0.2, 0.25) is 0 Å². The molecule has 168 valence electrons. The highest BCUT2D eigenvalue weighted by molar-refractivity contribution is 7.93. The van der Waals surface area contributed by atoms with E-state index in [1.807, 2.05) is 0 Å². The highest BCUT2D eigenvalue weighted by Crippen LogP contribution is 2.38. The van der Waals surface area contributed by atoms with Crippen molar-refractivity contribution in [2.75, 3.05) is 16.7 Å². The van der Waals surface area contributed by atoms with Crippen LogP contribution in [0.1, 0.15) is 9.67 Å². The number of hydrogen-bond donors (Lipinski definition) is 1. The van der Waals surface area contributed by atoms with Gasteiger partial charge >= 0.3 is 0 Å². The number of rotatable bonds is 6. The van der Waals surface area contributed by atoms with Crippen molar-refractivity contribution in [3.63, 3.8) is 0 Å². The Balaban J connectivity index is 1.85. The summed E-state index contributed by atoms with van der Waals surface area (Å²) in [4.78, 5) is 12.8. The largest absolute Gasteiger partial charge is 0.321 e. The molecule has 1 aromatic heterocycles. The molecule has 0 aliphatic heterocycles. The SMILES string of the molecule is CN(c1cccc(F)c1)S(=O)(=O)c1c(-c2ccc(F)cc2)csc1C(=O)Nc1ccccc1. The zero-order valence-electron chi connectivity index (χ0n) is 17.3. The average molecular weight is 485 g/mol. The molecule has 0 saturated heterocycles. The van der Waals surface area contributed by atoms with Crippen LogP contribution in [0.25, 0.3) is 11.1 Å². The summed E-state index contributed by atoms with van der Waals surface area (Å²) in [7, 11) is -3.01. The van der Waals surface area contributed by atoms with Crippen LogP contribution in [0.5, 0.6) is 0 Å². The van der Waals surface area contributed by atoms with Crippen molar-refractivity contribution in [3.8, 4) is 11.1 Å². The molecule has 1 heterocycles. The Bertz CT molecular complexity index is 1400. The van der Waals surface area contributed by atoms with Crippen LogP contribution in [0.2, 0.25) is 0 Å². The first-order valence-electron chi connectivity index (χ1n) is 9.75. The van der Waals surface area contributed by atoms with Crippen molar-refractivity contribution in [2.45, 2.75) is 4.90 Å². The molecule has 0 atom stereocenters. The Hall–Kier alpha value is -3.56. The van der Waals surface area contributed by atoms with Crippen LogP contribution in [-0.4, -0.2) is 21.4 Å². The number of thiophene rings is 1. The molecule has 0 bridgehead atoms. The fourth-order valence-electron chi connectivity index (χ4n) is 3.25. The quantitative estimate of drug-likeness (QED) is 0.378. The van der Waals surface area contributed by atoms with Crippen LogP contribution in [0.15, 0.2) is 89.1 Å². The van der Waals surface area contributed by atoms with E-state index in [0.717, 1.165) is 21.7 Å². The highest BCUT2D eigenvalue weighted by atomic mass is 32.2. The first-order valence-corrected chi connectivity index (χ1v) is 12.1. The monoisotopic (exact) mass is 484 g/mol. The van der Waals surface area contributed by atoms with Crippen molar-refractivity contribution in [2.24, 2.45) is 0 Å². The lowest BCUT2D eigenvalue weighted by molar-refractivity contribution is 0.102. The van der Waals surface area contributed by atoms with Crippen molar-refractivity contribution < 1.29 is 22.0 Å². The predicted molar refractivity (Wildman–Crippen MR) is 126 cm³/mol. The van der Waals surface area contributed by atoms with Gasteiger partial charge in [-0.15, -0.1) is 11.3 Å². The number of benzene rings is 3. The number of hydrogen-bond acceptors (Lipinski definition) is 4.